The van der Waals surface area contributed by atoms with Gasteiger partial charge in [0.2, 0.25) is 5.91 Å². The number of aromatic carboxylic acids is 1. The summed E-state index contributed by atoms with van der Waals surface area (Å²) in [5, 5.41) is 8.86. The number of carbonyl (C=O) groups excluding carboxylic acids is 1. The number of rotatable bonds is 5. The maximum absolute atomic E-state index is 12.1. The Balaban J connectivity index is 3.07. The van der Waals surface area contributed by atoms with Gasteiger partial charge in [0.1, 0.15) is 0 Å². The Morgan fingerprint density at radius 1 is 1.37 bits per heavy atom. The Kier molecular flexibility index (Phi) is 4.61. The van der Waals surface area contributed by atoms with Crippen LogP contribution in [0.15, 0.2) is 9.72 Å². The van der Waals surface area contributed by atoms with Gasteiger partial charge in [0.15, 0.2) is 9.90 Å². The molecule has 0 saturated heterocycles. The first kappa shape index (κ1) is 15.5. The molecule has 1 amide bonds. The predicted molar refractivity (Wildman–Crippen MR) is 67.6 cm³/mol. The smallest absolute Gasteiger partial charge is 0.356 e. The lowest BCUT2D eigenvalue weighted by Crippen LogP contribution is -2.37. The average molecular weight is 307 g/mol. The van der Waals surface area contributed by atoms with E-state index in [-0.39, 0.29) is 10.8 Å². The van der Waals surface area contributed by atoms with Crippen LogP contribution in [0.4, 0.5) is 0 Å². The van der Waals surface area contributed by atoms with Gasteiger partial charge >= 0.3 is 5.97 Å². The Bertz CT molecular complexity index is 593. The zero-order valence-corrected chi connectivity index (χ0v) is 12.2. The first-order valence-electron chi connectivity index (χ1n) is 5.01. The molecule has 10 heteroatoms. The number of carboxylic acids is 1. The molecule has 0 atom stereocenters. The molecule has 1 N–H and O–H groups in total. The number of carbonyl (C=O) groups is 2. The number of sulfonamides is 1. The molecule has 0 aromatic carbocycles. The SMILES string of the molecule is CN(C)C(=O)CN(C)S(=O)(=O)c1scnc1C(=O)O. The standard InChI is InChI=1S/C9H13N3O5S2/c1-11(2)6(13)4-12(3)19(16,17)9-7(8(14)15)10-5-18-9/h5H,4H2,1-3H3,(H,14,15). The van der Waals surface area contributed by atoms with Gasteiger partial charge in [0.25, 0.3) is 10.0 Å². The van der Waals surface area contributed by atoms with E-state index in [0.717, 1.165) is 9.82 Å². The molecule has 0 aliphatic carbocycles. The second-order valence-corrected chi connectivity index (χ2v) is 6.94. The van der Waals surface area contributed by atoms with Crippen LogP contribution in [0.1, 0.15) is 10.5 Å². The van der Waals surface area contributed by atoms with E-state index >= 15 is 0 Å². The van der Waals surface area contributed by atoms with Crippen molar-refractivity contribution in [2.75, 3.05) is 27.7 Å². The van der Waals surface area contributed by atoms with E-state index in [1.54, 1.807) is 0 Å². The number of amides is 1. The van der Waals surface area contributed by atoms with Gasteiger partial charge in [-0.3, -0.25) is 4.79 Å². The third kappa shape index (κ3) is 3.28. The molecule has 0 unspecified atom stereocenters. The quantitative estimate of drug-likeness (QED) is 0.789. The molecule has 8 nitrogen and oxygen atoms in total. The van der Waals surface area contributed by atoms with Crippen LogP contribution in [0.25, 0.3) is 0 Å². The van der Waals surface area contributed by atoms with Gasteiger partial charge in [0.05, 0.1) is 12.1 Å². The van der Waals surface area contributed by atoms with Crippen LogP contribution in [0.5, 0.6) is 0 Å². The summed E-state index contributed by atoms with van der Waals surface area (Å²) in [5.74, 6) is -1.83. The second kappa shape index (κ2) is 5.63. The highest BCUT2D eigenvalue weighted by atomic mass is 32.2. The highest BCUT2D eigenvalue weighted by Gasteiger charge is 2.30. The van der Waals surface area contributed by atoms with E-state index in [1.807, 2.05) is 0 Å². The minimum Gasteiger partial charge on any atom is -0.476 e. The van der Waals surface area contributed by atoms with Crippen molar-refractivity contribution in [2.24, 2.45) is 0 Å². The summed E-state index contributed by atoms with van der Waals surface area (Å²) in [6.45, 7) is -0.369. The third-order valence-electron chi connectivity index (χ3n) is 2.24. The van der Waals surface area contributed by atoms with Crippen molar-refractivity contribution in [1.29, 1.82) is 0 Å². The Morgan fingerprint density at radius 2 is 1.95 bits per heavy atom. The summed E-state index contributed by atoms with van der Waals surface area (Å²) in [6, 6.07) is 0. The van der Waals surface area contributed by atoms with Crippen LogP contribution < -0.4 is 0 Å². The molecule has 1 rings (SSSR count). The molecule has 0 bridgehead atoms. The van der Waals surface area contributed by atoms with Crippen LogP contribution in [-0.4, -0.2) is 67.3 Å². The fourth-order valence-electron chi connectivity index (χ4n) is 1.12. The van der Waals surface area contributed by atoms with Crippen LogP contribution in [-0.2, 0) is 14.8 Å². The minimum absolute atomic E-state index is 0.369. The molecular formula is C9H13N3O5S2. The zero-order valence-electron chi connectivity index (χ0n) is 10.5. The molecule has 19 heavy (non-hydrogen) atoms. The molecule has 0 saturated carbocycles. The van der Waals surface area contributed by atoms with Crippen LogP contribution in [0, 0.1) is 0 Å². The lowest BCUT2D eigenvalue weighted by atomic mass is 10.5. The van der Waals surface area contributed by atoms with Crippen molar-refractivity contribution >= 4 is 33.2 Å². The molecule has 0 spiro atoms. The first-order chi connectivity index (χ1) is 8.67. The number of hydrogen-bond donors (Lipinski definition) is 1. The van der Waals surface area contributed by atoms with Crippen LogP contribution in [0.3, 0.4) is 0 Å². The fourth-order valence-corrected chi connectivity index (χ4v) is 3.57. The van der Waals surface area contributed by atoms with Gasteiger partial charge in [-0.2, -0.15) is 4.31 Å². The number of nitrogens with zero attached hydrogens (tertiary/aromatic N) is 3. The molecule has 1 aromatic heterocycles. The molecule has 0 aliphatic rings. The molecular weight excluding hydrogens is 294 g/mol. The van der Waals surface area contributed by atoms with Crippen molar-refractivity contribution in [3.8, 4) is 0 Å². The normalized spacial score (nSPS) is 11.6. The topological polar surface area (TPSA) is 108 Å². The van der Waals surface area contributed by atoms with Gasteiger partial charge in [-0.15, -0.1) is 11.3 Å². The molecule has 1 aromatic rings. The van der Waals surface area contributed by atoms with E-state index in [4.69, 9.17) is 5.11 Å². The summed E-state index contributed by atoms with van der Waals surface area (Å²) >= 11 is 0.702. The van der Waals surface area contributed by atoms with Gasteiger partial charge in [-0.25, -0.2) is 18.2 Å². The minimum atomic E-state index is -4.04. The van der Waals surface area contributed by atoms with Gasteiger partial charge in [-0.05, 0) is 0 Å². The maximum Gasteiger partial charge on any atom is 0.356 e. The number of carboxylic acid groups (broad SMARTS) is 1. The predicted octanol–water partition coefficient (Wildman–Crippen LogP) is -0.450. The summed E-state index contributed by atoms with van der Waals surface area (Å²) in [4.78, 5) is 27.1. The van der Waals surface area contributed by atoms with Crippen molar-refractivity contribution in [3.05, 3.63) is 11.2 Å². The number of hydrogen-bond acceptors (Lipinski definition) is 6. The fraction of sp³-hybridized carbons (Fsp3) is 0.444. The van der Waals surface area contributed by atoms with E-state index in [1.165, 1.54) is 26.0 Å². The van der Waals surface area contributed by atoms with Crippen molar-refractivity contribution in [3.63, 3.8) is 0 Å². The Morgan fingerprint density at radius 3 is 2.42 bits per heavy atom. The average Bonchev–Trinajstić information content (AvgIpc) is 2.77. The summed E-state index contributed by atoms with van der Waals surface area (Å²) in [7, 11) is 0.168. The van der Waals surface area contributed by atoms with Gasteiger partial charge in [0, 0.05) is 21.1 Å². The Hall–Kier alpha value is -1.52. The van der Waals surface area contributed by atoms with Gasteiger partial charge in [-0.1, -0.05) is 0 Å². The maximum atomic E-state index is 12.1. The van der Waals surface area contributed by atoms with Crippen molar-refractivity contribution in [1.82, 2.24) is 14.2 Å². The van der Waals surface area contributed by atoms with Gasteiger partial charge < -0.3 is 10.0 Å². The number of likely N-dealkylation sites (N-methyl/N-ethyl adjacent to an activating group) is 2. The molecule has 1 heterocycles. The molecule has 106 valence electrons. The van der Waals surface area contributed by atoms with E-state index in [9.17, 15) is 18.0 Å². The summed E-state index contributed by atoms with van der Waals surface area (Å²) in [5.41, 5.74) is 0.604. The largest absolute Gasteiger partial charge is 0.476 e. The second-order valence-electron chi connectivity index (χ2n) is 3.84. The Labute approximate surface area is 114 Å². The lowest BCUT2D eigenvalue weighted by molar-refractivity contribution is -0.128. The molecule has 0 radical (unpaired) electrons. The zero-order chi connectivity index (χ0) is 14.8. The van der Waals surface area contributed by atoms with E-state index in [2.05, 4.69) is 4.98 Å². The molecule has 0 fully saturated rings. The number of thiazole rings is 1. The van der Waals surface area contributed by atoms with E-state index in [0.29, 0.717) is 11.3 Å². The molecule has 0 aliphatic heterocycles. The highest BCUT2D eigenvalue weighted by molar-refractivity contribution is 7.91. The van der Waals surface area contributed by atoms with Crippen LogP contribution >= 0.6 is 11.3 Å². The summed E-state index contributed by atoms with van der Waals surface area (Å²) < 4.78 is 24.7. The third-order valence-corrected chi connectivity index (χ3v) is 5.39. The summed E-state index contributed by atoms with van der Waals surface area (Å²) in [6.07, 6.45) is 0. The monoisotopic (exact) mass is 307 g/mol. The van der Waals surface area contributed by atoms with Crippen LogP contribution in [0.2, 0.25) is 0 Å². The highest BCUT2D eigenvalue weighted by Crippen LogP contribution is 2.23. The van der Waals surface area contributed by atoms with E-state index < -0.39 is 27.6 Å². The van der Waals surface area contributed by atoms with Crippen molar-refractivity contribution < 1.29 is 23.1 Å². The van der Waals surface area contributed by atoms with Crippen molar-refractivity contribution in [2.45, 2.75) is 4.21 Å². The number of aromatic nitrogens is 1. The first-order valence-corrected chi connectivity index (χ1v) is 7.33. The lowest BCUT2D eigenvalue weighted by Gasteiger charge is -2.18.